The minimum atomic E-state index is -0.504. The van der Waals surface area contributed by atoms with Crippen LogP contribution in [0, 0.1) is 12.7 Å². The van der Waals surface area contributed by atoms with Gasteiger partial charge in [-0.15, -0.1) is 0 Å². The molecule has 0 saturated heterocycles. The van der Waals surface area contributed by atoms with E-state index in [1.807, 2.05) is 6.92 Å². The van der Waals surface area contributed by atoms with E-state index in [1.165, 1.54) is 12.1 Å². The summed E-state index contributed by atoms with van der Waals surface area (Å²) in [4.78, 5) is 11.6. The molecule has 98 valence electrons. The van der Waals surface area contributed by atoms with Gasteiger partial charge in [-0.3, -0.25) is 4.79 Å². The molecular weight excluding hydrogens is 233 g/mol. The van der Waals surface area contributed by atoms with Crippen LogP contribution in [0.25, 0.3) is 0 Å². The van der Waals surface area contributed by atoms with Gasteiger partial charge in [0.1, 0.15) is 5.82 Å². The van der Waals surface area contributed by atoms with Crippen molar-refractivity contribution in [3.8, 4) is 0 Å². The van der Waals surface area contributed by atoms with Crippen LogP contribution < -0.4 is 5.32 Å². The van der Waals surface area contributed by atoms with Crippen LogP contribution in [0.15, 0.2) is 30.4 Å². The van der Waals surface area contributed by atoms with Gasteiger partial charge in [0.2, 0.25) is 0 Å². The normalized spacial score (nSPS) is 10.2. The topological polar surface area (TPSA) is 38.3 Å². The molecule has 4 heteroatoms. The Bertz CT molecular complexity index is 443. The molecule has 0 unspecified atom stereocenters. The van der Waals surface area contributed by atoms with Gasteiger partial charge in [0.25, 0.3) is 5.91 Å². The fourth-order valence-corrected chi connectivity index (χ4v) is 1.38. The molecule has 0 aliphatic carbocycles. The maximum absolute atomic E-state index is 13.5. The number of hydrogen-bond donors (Lipinski definition) is 1. The third-order valence-electron chi connectivity index (χ3n) is 2.25. The lowest BCUT2D eigenvalue weighted by atomic mass is 10.1. The summed E-state index contributed by atoms with van der Waals surface area (Å²) >= 11 is 0. The molecule has 0 spiro atoms. The highest BCUT2D eigenvalue weighted by Gasteiger charge is 2.10. The Morgan fingerprint density at radius 2 is 2.22 bits per heavy atom. The highest BCUT2D eigenvalue weighted by Crippen LogP contribution is 2.09. The average molecular weight is 251 g/mol. The second-order valence-corrected chi connectivity index (χ2v) is 4.25. The number of hydrogen-bond acceptors (Lipinski definition) is 2. The molecule has 0 fully saturated rings. The number of carbonyl (C=O) groups excluding carboxylic acids is 1. The minimum Gasteiger partial charge on any atom is -0.375 e. The van der Waals surface area contributed by atoms with Crippen molar-refractivity contribution in [2.24, 2.45) is 0 Å². The molecule has 1 aromatic carbocycles. The van der Waals surface area contributed by atoms with Crippen molar-refractivity contribution in [3.63, 3.8) is 0 Å². The molecule has 0 radical (unpaired) electrons. The Labute approximate surface area is 107 Å². The van der Waals surface area contributed by atoms with E-state index in [-0.39, 0.29) is 5.56 Å². The standard InChI is InChI=1S/C14H18FNO2/c1-10(2)9-18-7-6-16-14(17)12-5-4-11(3)8-13(12)15/h4-5,8H,1,6-7,9H2,2-3H3,(H,16,17). The molecule has 1 rings (SSSR count). The summed E-state index contributed by atoms with van der Waals surface area (Å²) in [5.41, 5.74) is 1.76. The van der Waals surface area contributed by atoms with Crippen LogP contribution in [-0.2, 0) is 4.74 Å². The first-order valence-corrected chi connectivity index (χ1v) is 5.77. The van der Waals surface area contributed by atoms with Gasteiger partial charge in [-0.1, -0.05) is 18.2 Å². The van der Waals surface area contributed by atoms with Gasteiger partial charge >= 0.3 is 0 Å². The summed E-state index contributed by atoms with van der Waals surface area (Å²) in [5, 5.41) is 2.60. The number of nitrogens with one attached hydrogen (secondary N) is 1. The van der Waals surface area contributed by atoms with Gasteiger partial charge in [0.05, 0.1) is 18.8 Å². The maximum Gasteiger partial charge on any atom is 0.254 e. The summed E-state index contributed by atoms with van der Waals surface area (Å²) < 4.78 is 18.7. The van der Waals surface area contributed by atoms with Crippen LogP contribution in [0.3, 0.4) is 0 Å². The average Bonchev–Trinajstić information content (AvgIpc) is 2.27. The fourth-order valence-electron chi connectivity index (χ4n) is 1.38. The Hall–Kier alpha value is -1.68. The predicted octanol–water partition coefficient (Wildman–Crippen LogP) is 2.46. The van der Waals surface area contributed by atoms with Crippen LogP contribution in [0.4, 0.5) is 4.39 Å². The summed E-state index contributed by atoms with van der Waals surface area (Å²) in [6.07, 6.45) is 0. The molecular formula is C14H18FNO2. The first kappa shape index (κ1) is 14.4. The molecule has 1 N–H and O–H groups in total. The largest absolute Gasteiger partial charge is 0.375 e. The van der Waals surface area contributed by atoms with Gasteiger partial charge in [-0.2, -0.15) is 0 Å². The summed E-state index contributed by atoms with van der Waals surface area (Å²) in [7, 11) is 0. The van der Waals surface area contributed by atoms with E-state index in [0.29, 0.717) is 19.8 Å². The molecule has 3 nitrogen and oxygen atoms in total. The smallest absolute Gasteiger partial charge is 0.254 e. The zero-order valence-electron chi connectivity index (χ0n) is 10.8. The molecule has 0 aromatic heterocycles. The first-order chi connectivity index (χ1) is 8.50. The fraction of sp³-hybridized carbons (Fsp3) is 0.357. The number of halogens is 1. The van der Waals surface area contributed by atoms with Crippen LogP contribution in [0.2, 0.25) is 0 Å². The lowest BCUT2D eigenvalue weighted by molar-refractivity contribution is 0.0923. The highest BCUT2D eigenvalue weighted by molar-refractivity contribution is 5.94. The van der Waals surface area contributed by atoms with Crippen molar-refractivity contribution in [3.05, 3.63) is 47.3 Å². The summed E-state index contributed by atoms with van der Waals surface area (Å²) in [6.45, 7) is 8.52. The SMILES string of the molecule is C=C(C)COCCNC(=O)c1ccc(C)cc1F. The summed E-state index contributed by atoms with van der Waals surface area (Å²) in [6, 6.07) is 4.52. The molecule has 0 bridgehead atoms. The van der Waals surface area contributed by atoms with Crippen molar-refractivity contribution in [1.29, 1.82) is 0 Å². The van der Waals surface area contributed by atoms with E-state index < -0.39 is 11.7 Å². The molecule has 0 heterocycles. The highest BCUT2D eigenvalue weighted by atomic mass is 19.1. The van der Waals surface area contributed by atoms with Gasteiger partial charge < -0.3 is 10.1 Å². The van der Waals surface area contributed by atoms with Crippen molar-refractivity contribution in [2.75, 3.05) is 19.8 Å². The van der Waals surface area contributed by atoms with Crippen LogP contribution >= 0.6 is 0 Å². The van der Waals surface area contributed by atoms with Gasteiger partial charge in [0, 0.05) is 6.54 Å². The lowest BCUT2D eigenvalue weighted by Crippen LogP contribution is -2.28. The van der Waals surface area contributed by atoms with Crippen molar-refractivity contribution < 1.29 is 13.9 Å². The molecule has 18 heavy (non-hydrogen) atoms. The molecule has 0 aliphatic rings. The third-order valence-corrected chi connectivity index (χ3v) is 2.25. The van der Waals surface area contributed by atoms with Crippen LogP contribution in [0.5, 0.6) is 0 Å². The van der Waals surface area contributed by atoms with Crippen molar-refractivity contribution in [1.82, 2.24) is 5.32 Å². The first-order valence-electron chi connectivity index (χ1n) is 5.77. The second-order valence-electron chi connectivity index (χ2n) is 4.25. The number of benzene rings is 1. The van der Waals surface area contributed by atoms with E-state index in [0.717, 1.165) is 11.1 Å². The van der Waals surface area contributed by atoms with E-state index in [1.54, 1.807) is 13.0 Å². The van der Waals surface area contributed by atoms with E-state index in [9.17, 15) is 9.18 Å². The lowest BCUT2D eigenvalue weighted by Gasteiger charge is -2.07. The number of ether oxygens (including phenoxy) is 1. The van der Waals surface area contributed by atoms with Crippen LogP contribution in [-0.4, -0.2) is 25.7 Å². The number of aryl methyl sites for hydroxylation is 1. The Balaban J connectivity index is 2.39. The predicted molar refractivity (Wildman–Crippen MR) is 69.1 cm³/mol. The molecule has 0 atom stereocenters. The number of rotatable bonds is 6. The van der Waals surface area contributed by atoms with Gasteiger partial charge in [-0.25, -0.2) is 4.39 Å². The molecule has 0 saturated carbocycles. The zero-order valence-corrected chi connectivity index (χ0v) is 10.8. The molecule has 1 aromatic rings. The van der Waals surface area contributed by atoms with E-state index in [2.05, 4.69) is 11.9 Å². The van der Waals surface area contributed by atoms with Gasteiger partial charge in [0.15, 0.2) is 0 Å². The zero-order chi connectivity index (χ0) is 13.5. The number of amides is 1. The third kappa shape index (κ3) is 4.67. The van der Waals surface area contributed by atoms with E-state index >= 15 is 0 Å². The Morgan fingerprint density at radius 1 is 1.50 bits per heavy atom. The quantitative estimate of drug-likeness (QED) is 0.623. The number of carbonyl (C=O) groups is 1. The monoisotopic (exact) mass is 251 g/mol. The van der Waals surface area contributed by atoms with Crippen molar-refractivity contribution >= 4 is 5.91 Å². The maximum atomic E-state index is 13.5. The summed E-state index contributed by atoms with van der Waals surface area (Å²) in [5.74, 6) is -0.929. The van der Waals surface area contributed by atoms with Crippen molar-refractivity contribution in [2.45, 2.75) is 13.8 Å². The second kappa shape index (κ2) is 6.91. The Kier molecular flexibility index (Phi) is 5.52. The minimum absolute atomic E-state index is 0.0560. The molecule has 0 aliphatic heterocycles. The van der Waals surface area contributed by atoms with Crippen LogP contribution in [0.1, 0.15) is 22.8 Å². The Morgan fingerprint density at radius 3 is 2.83 bits per heavy atom. The van der Waals surface area contributed by atoms with Gasteiger partial charge in [-0.05, 0) is 31.5 Å². The molecule has 1 amide bonds. The van der Waals surface area contributed by atoms with E-state index in [4.69, 9.17) is 4.74 Å².